The normalized spacial score (nSPS) is 12.7. The molecule has 1 aromatic carbocycles. The number of hydrogen-bond acceptors (Lipinski definition) is 4. The predicted molar refractivity (Wildman–Crippen MR) is 68.9 cm³/mol. The highest BCUT2D eigenvalue weighted by molar-refractivity contribution is 7.99. The van der Waals surface area contributed by atoms with Crippen LogP contribution in [0.2, 0.25) is 0 Å². The molecule has 0 aliphatic rings. The second-order valence-electron chi connectivity index (χ2n) is 4.16. The molecule has 1 aromatic heterocycles. The molecule has 0 radical (unpaired) electrons. The molecule has 96 valence electrons. The maximum Gasteiger partial charge on any atom is 0.195 e. The minimum atomic E-state index is -0.277. The Morgan fingerprint density at radius 1 is 1.39 bits per heavy atom. The van der Waals surface area contributed by atoms with Gasteiger partial charge in [0.05, 0.1) is 0 Å². The van der Waals surface area contributed by atoms with Crippen molar-refractivity contribution in [2.75, 3.05) is 0 Å². The molecular weight excluding hydrogens is 251 g/mol. The van der Waals surface area contributed by atoms with Crippen LogP contribution in [-0.4, -0.2) is 14.8 Å². The number of rotatable bonds is 3. The quantitative estimate of drug-likeness (QED) is 0.927. The molecule has 2 N–H and O–H groups in total. The highest BCUT2D eigenvalue weighted by Gasteiger charge is 2.13. The fourth-order valence-corrected chi connectivity index (χ4v) is 2.59. The fourth-order valence-electron chi connectivity index (χ4n) is 1.54. The molecule has 0 bridgehead atoms. The summed E-state index contributed by atoms with van der Waals surface area (Å²) in [6.45, 7) is 3.72. The van der Waals surface area contributed by atoms with Crippen molar-refractivity contribution in [1.29, 1.82) is 0 Å². The van der Waals surface area contributed by atoms with E-state index >= 15 is 0 Å². The lowest BCUT2D eigenvalue weighted by Crippen LogP contribution is -2.07. The van der Waals surface area contributed by atoms with Gasteiger partial charge in [-0.15, -0.1) is 10.2 Å². The van der Waals surface area contributed by atoms with E-state index in [0.717, 1.165) is 21.4 Å². The summed E-state index contributed by atoms with van der Waals surface area (Å²) in [5.74, 6) is 0.558. The summed E-state index contributed by atoms with van der Waals surface area (Å²) in [5, 5.41) is 8.83. The first-order valence-electron chi connectivity index (χ1n) is 5.58. The molecular formula is C12H15FN4S. The van der Waals surface area contributed by atoms with E-state index in [1.165, 1.54) is 23.9 Å². The van der Waals surface area contributed by atoms with Crippen molar-refractivity contribution >= 4 is 11.8 Å². The van der Waals surface area contributed by atoms with Gasteiger partial charge < -0.3 is 10.3 Å². The first-order valence-corrected chi connectivity index (χ1v) is 6.39. The third-order valence-electron chi connectivity index (χ3n) is 2.72. The van der Waals surface area contributed by atoms with Crippen molar-refractivity contribution in [2.24, 2.45) is 12.8 Å². The average Bonchev–Trinajstić information content (AvgIpc) is 2.63. The van der Waals surface area contributed by atoms with Crippen molar-refractivity contribution in [1.82, 2.24) is 14.8 Å². The topological polar surface area (TPSA) is 56.7 Å². The molecule has 0 amide bonds. The Hall–Kier alpha value is -1.40. The Labute approximate surface area is 109 Å². The van der Waals surface area contributed by atoms with Crippen LogP contribution in [0.15, 0.2) is 28.3 Å². The number of aryl methyl sites for hydroxylation is 1. The molecule has 2 rings (SSSR count). The molecule has 18 heavy (non-hydrogen) atoms. The Kier molecular flexibility index (Phi) is 3.68. The third kappa shape index (κ3) is 2.54. The van der Waals surface area contributed by atoms with Gasteiger partial charge in [-0.3, -0.25) is 0 Å². The number of hydrogen-bond donors (Lipinski definition) is 1. The second-order valence-corrected chi connectivity index (χ2v) is 5.17. The van der Waals surface area contributed by atoms with Gasteiger partial charge in [0.2, 0.25) is 0 Å². The summed E-state index contributed by atoms with van der Waals surface area (Å²) in [4.78, 5) is 0.905. The van der Waals surface area contributed by atoms with E-state index in [2.05, 4.69) is 10.2 Å². The first-order chi connectivity index (χ1) is 8.49. The standard InChI is InChI=1S/C12H15FN4S/c1-7(14)10-6-9(13)4-5-11(10)18-12-16-15-8(2)17(12)3/h4-7H,14H2,1-3H3/t7-/m1/s1. The molecule has 0 spiro atoms. The summed E-state index contributed by atoms with van der Waals surface area (Å²) in [6, 6.07) is 4.40. The van der Waals surface area contributed by atoms with E-state index in [1.54, 1.807) is 6.07 Å². The smallest absolute Gasteiger partial charge is 0.195 e. The van der Waals surface area contributed by atoms with Gasteiger partial charge in [0.15, 0.2) is 5.16 Å². The molecule has 0 saturated heterocycles. The van der Waals surface area contributed by atoms with E-state index in [-0.39, 0.29) is 11.9 Å². The molecule has 0 unspecified atom stereocenters. The van der Waals surface area contributed by atoms with Crippen molar-refractivity contribution < 1.29 is 4.39 Å². The third-order valence-corrected chi connectivity index (χ3v) is 3.85. The predicted octanol–water partition coefficient (Wildman–Crippen LogP) is 2.43. The van der Waals surface area contributed by atoms with Crippen LogP contribution in [0.25, 0.3) is 0 Å². The Morgan fingerprint density at radius 2 is 2.11 bits per heavy atom. The van der Waals surface area contributed by atoms with Gasteiger partial charge in [0.1, 0.15) is 11.6 Å². The van der Waals surface area contributed by atoms with Crippen molar-refractivity contribution in [3.63, 3.8) is 0 Å². The van der Waals surface area contributed by atoms with Crippen LogP contribution >= 0.6 is 11.8 Å². The van der Waals surface area contributed by atoms with Gasteiger partial charge in [-0.2, -0.15) is 0 Å². The molecule has 0 fully saturated rings. The van der Waals surface area contributed by atoms with Gasteiger partial charge in [-0.25, -0.2) is 4.39 Å². The highest BCUT2D eigenvalue weighted by Crippen LogP contribution is 2.32. The zero-order chi connectivity index (χ0) is 13.3. The van der Waals surface area contributed by atoms with Gasteiger partial charge in [-0.05, 0) is 49.4 Å². The number of nitrogens with two attached hydrogens (primary N) is 1. The lowest BCUT2D eigenvalue weighted by atomic mass is 10.1. The monoisotopic (exact) mass is 266 g/mol. The Morgan fingerprint density at radius 3 is 2.67 bits per heavy atom. The minimum absolute atomic E-state index is 0.225. The molecule has 1 atom stereocenters. The highest BCUT2D eigenvalue weighted by atomic mass is 32.2. The lowest BCUT2D eigenvalue weighted by Gasteiger charge is -2.11. The van der Waals surface area contributed by atoms with Gasteiger partial charge in [0, 0.05) is 18.0 Å². The van der Waals surface area contributed by atoms with Gasteiger partial charge in [0.25, 0.3) is 0 Å². The SMILES string of the molecule is Cc1nnc(Sc2ccc(F)cc2[C@@H](C)N)n1C. The summed E-state index contributed by atoms with van der Waals surface area (Å²) in [5.41, 5.74) is 6.64. The van der Waals surface area contributed by atoms with Crippen LogP contribution < -0.4 is 5.73 Å². The molecule has 0 saturated carbocycles. The summed E-state index contributed by atoms with van der Waals surface area (Å²) < 4.78 is 15.1. The van der Waals surface area contributed by atoms with E-state index in [4.69, 9.17) is 5.73 Å². The summed E-state index contributed by atoms with van der Waals surface area (Å²) in [6.07, 6.45) is 0. The largest absolute Gasteiger partial charge is 0.324 e. The number of aromatic nitrogens is 3. The maximum atomic E-state index is 13.2. The molecule has 0 aliphatic carbocycles. The van der Waals surface area contributed by atoms with E-state index in [1.807, 2.05) is 25.5 Å². The van der Waals surface area contributed by atoms with Crippen LogP contribution in [0.4, 0.5) is 4.39 Å². The van der Waals surface area contributed by atoms with Gasteiger partial charge in [-0.1, -0.05) is 0 Å². The number of nitrogens with zero attached hydrogens (tertiary/aromatic N) is 3. The van der Waals surface area contributed by atoms with E-state index < -0.39 is 0 Å². The average molecular weight is 266 g/mol. The minimum Gasteiger partial charge on any atom is -0.324 e. The van der Waals surface area contributed by atoms with E-state index in [9.17, 15) is 4.39 Å². The Balaban J connectivity index is 2.37. The summed E-state index contributed by atoms with van der Waals surface area (Å²) in [7, 11) is 1.90. The maximum absolute atomic E-state index is 13.2. The zero-order valence-corrected chi connectivity index (χ0v) is 11.3. The number of halogens is 1. The molecule has 6 heteroatoms. The van der Waals surface area contributed by atoms with Crippen LogP contribution in [0.3, 0.4) is 0 Å². The first kappa shape index (κ1) is 13.0. The molecule has 2 aromatic rings. The van der Waals surface area contributed by atoms with Crippen molar-refractivity contribution in [2.45, 2.75) is 29.9 Å². The molecule has 0 aliphatic heterocycles. The van der Waals surface area contributed by atoms with Crippen LogP contribution in [0, 0.1) is 12.7 Å². The van der Waals surface area contributed by atoms with Crippen molar-refractivity contribution in [3.05, 3.63) is 35.4 Å². The van der Waals surface area contributed by atoms with Crippen LogP contribution in [0.1, 0.15) is 24.4 Å². The van der Waals surface area contributed by atoms with Crippen LogP contribution in [0.5, 0.6) is 0 Å². The van der Waals surface area contributed by atoms with Crippen molar-refractivity contribution in [3.8, 4) is 0 Å². The van der Waals surface area contributed by atoms with E-state index in [0.29, 0.717) is 0 Å². The Bertz CT molecular complexity index is 565. The zero-order valence-electron chi connectivity index (χ0n) is 10.5. The van der Waals surface area contributed by atoms with Gasteiger partial charge >= 0.3 is 0 Å². The fraction of sp³-hybridized carbons (Fsp3) is 0.333. The second kappa shape index (κ2) is 5.07. The summed E-state index contributed by atoms with van der Waals surface area (Å²) >= 11 is 1.44. The molecule has 4 nitrogen and oxygen atoms in total. The van der Waals surface area contributed by atoms with Crippen LogP contribution in [-0.2, 0) is 7.05 Å². The number of benzene rings is 1. The molecule has 1 heterocycles. The lowest BCUT2D eigenvalue weighted by molar-refractivity contribution is 0.619.